The number of alkyl halides is 2. The Labute approximate surface area is 79.2 Å². The Morgan fingerprint density at radius 3 is 2.21 bits per heavy atom. The molecule has 0 aromatic heterocycles. The molecule has 5 heteroatoms. The number of halogens is 3. The molecule has 14 heavy (non-hydrogen) atoms. The molecule has 0 N–H and O–H groups in total. The monoisotopic (exact) mass is 206 g/mol. The van der Waals surface area contributed by atoms with Gasteiger partial charge in [0.15, 0.2) is 11.6 Å². The van der Waals surface area contributed by atoms with Crippen LogP contribution in [-0.4, -0.2) is 14.2 Å². The molecule has 0 fully saturated rings. The van der Waals surface area contributed by atoms with E-state index in [9.17, 15) is 13.2 Å². The van der Waals surface area contributed by atoms with E-state index < -0.39 is 23.6 Å². The Morgan fingerprint density at radius 2 is 1.79 bits per heavy atom. The standard InChI is InChI=1S/C9H9F3O2/c1-13-6-4-3-5(10)8(14-2)7(6)9(11)12/h3-4,9H,1-2H3. The molecule has 0 atom stereocenters. The first-order valence-electron chi connectivity index (χ1n) is 3.80. The Balaban J connectivity index is 3.36. The summed E-state index contributed by atoms with van der Waals surface area (Å²) in [6, 6.07) is 2.16. The van der Waals surface area contributed by atoms with Crippen molar-refractivity contribution in [2.24, 2.45) is 0 Å². The van der Waals surface area contributed by atoms with Crippen molar-refractivity contribution in [2.75, 3.05) is 14.2 Å². The molecule has 1 aromatic carbocycles. The van der Waals surface area contributed by atoms with Crippen molar-refractivity contribution in [3.8, 4) is 11.5 Å². The van der Waals surface area contributed by atoms with Crippen LogP contribution in [0.25, 0.3) is 0 Å². The van der Waals surface area contributed by atoms with Crippen molar-refractivity contribution < 1.29 is 22.6 Å². The molecule has 78 valence electrons. The van der Waals surface area contributed by atoms with E-state index in [4.69, 9.17) is 0 Å². The third-order valence-electron chi connectivity index (χ3n) is 1.75. The minimum Gasteiger partial charge on any atom is -0.496 e. The largest absolute Gasteiger partial charge is 0.496 e. The van der Waals surface area contributed by atoms with E-state index in [2.05, 4.69) is 9.47 Å². The number of ether oxygens (including phenoxy) is 2. The summed E-state index contributed by atoms with van der Waals surface area (Å²) < 4.78 is 47.3. The van der Waals surface area contributed by atoms with Crippen LogP contribution < -0.4 is 9.47 Å². The van der Waals surface area contributed by atoms with E-state index in [1.165, 1.54) is 7.11 Å². The summed E-state index contributed by atoms with van der Waals surface area (Å²) in [6.45, 7) is 0. The van der Waals surface area contributed by atoms with Crippen molar-refractivity contribution in [1.29, 1.82) is 0 Å². The highest BCUT2D eigenvalue weighted by molar-refractivity contribution is 5.46. The summed E-state index contributed by atoms with van der Waals surface area (Å²) in [7, 11) is 2.36. The van der Waals surface area contributed by atoms with E-state index in [1.54, 1.807) is 0 Å². The predicted molar refractivity (Wildman–Crippen MR) is 44.5 cm³/mol. The fraction of sp³-hybridized carbons (Fsp3) is 0.333. The fourth-order valence-electron chi connectivity index (χ4n) is 1.15. The van der Waals surface area contributed by atoms with Crippen LogP contribution in [-0.2, 0) is 0 Å². The van der Waals surface area contributed by atoms with Gasteiger partial charge in [-0.25, -0.2) is 13.2 Å². The third kappa shape index (κ3) is 1.76. The van der Waals surface area contributed by atoms with Gasteiger partial charge in [-0.2, -0.15) is 0 Å². The lowest BCUT2D eigenvalue weighted by Crippen LogP contribution is -1.99. The highest BCUT2D eigenvalue weighted by Gasteiger charge is 2.22. The second-order valence-corrected chi connectivity index (χ2v) is 2.50. The SMILES string of the molecule is COc1ccc(F)c(OC)c1C(F)F. The molecular formula is C9H9F3O2. The molecule has 0 bridgehead atoms. The number of benzene rings is 1. The predicted octanol–water partition coefficient (Wildman–Crippen LogP) is 2.78. The van der Waals surface area contributed by atoms with Crippen molar-refractivity contribution in [1.82, 2.24) is 0 Å². The third-order valence-corrected chi connectivity index (χ3v) is 1.75. The molecule has 0 aliphatic rings. The number of hydrogen-bond acceptors (Lipinski definition) is 2. The zero-order chi connectivity index (χ0) is 10.7. The van der Waals surface area contributed by atoms with Crippen LogP contribution in [0.4, 0.5) is 13.2 Å². The average Bonchev–Trinajstić information content (AvgIpc) is 2.17. The maximum Gasteiger partial charge on any atom is 0.271 e. The lowest BCUT2D eigenvalue weighted by molar-refractivity contribution is 0.141. The van der Waals surface area contributed by atoms with Crippen LogP contribution in [0.5, 0.6) is 11.5 Å². The first-order valence-corrected chi connectivity index (χ1v) is 3.80. The van der Waals surface area contributed by atoms with Gasteiger partial charge in [0.2, 0.25) is 0 Å². The van der Waals surface area contributed by atoms with Crippen molar-refractivity contribution in [3.05, 3.63) is 23.5 Å². The molecule has 1 rings (SSSR count). The van der Waals surface area contributed by atoms with Crippen LogP contribution in [0.3, 0.4) is 0 Å². The molecule has 0 aliphatic heterocycles. The molecule has 0 radical (unpaired) electrons. The molecule has 0 amide bonds. The molecule has 0 aliphatic carbocycles. The molecule has 1 aromatic rings. The number of hydrogen-bond donors (Lipinski definition) is 0. The van der Waals surface area contributed by atoms with E-state index in [0.29, 0.717) is 0 Å². The molecule has 0 heterocycles. The number of methoxy groups -OCH3 is 2. The van der Waals surface area contributed by atoms with E-state index in [-0.39, 0.29) is 5.75 Å². The van der Waals surface area contributed by atoms with Crippen LogP contribution in [0, 0.1) is 5.82 Å². The van der Waals surface area contributed by atoms with Crippen LogP contribution in [0.15, 0.2) is 12.1 Å². The van der Waals surface area contributed by atoms with Crippen LogP contribution in [0.1, 0.15) is 12.0 Å². The zero-order valence-electron chi connectivity index (χ0n) is 7.68. The normalized spacial score (nSPS) is 10.4. The minimum atomic E-state index is -2.84. The smallest absolute Gasteiger partial charge is 0.271 e. The maximum absolute atomic E-state index is 13.0. The highest BCUT2D eigenvalue weighted by atomic mass is 19.3. The van der Waals surface area contributed by atoms with Gasteiger partial charge in [-0.3, -0.25) is 0 Å². The van der Waals surface area contributed by atoms with Gasteiger partial charge in [0, 0.05) is 0 Å². The van der Waals surface area contributed by atoms with Crippen molar-refractivity contribution in [2.45, 2.75) is 6.43 Å². The Morgan fingerprint density at radius 1 is 1.14 bits per heavy atom. The van der Waals surface area contributed by atoms with Gasteiger partial charge in [-0.05, 0) is 12.1 Å². The topological polar surface area (TPSA) is 18.5 Å². The molecule has 2 nitrogen and oxygen atoms in total. The second kappa shape index (κ2) is 4.21. The Hall–Kier alpha value is -1.39. The first-order chi connectivity index (χ1) is 6.61. The van der Waals surface area contributed by atoms with E-state index in [0.717, 1.165) is 19.2 Å². The molecular weight excluding hydrogens is 197 g/mol. The van der Waals surface area contributed by atoms with Gasteiger partial charge in [0.05, 0.1) is 14.2 Å². The van der Waals surface area contributed by atoms with Crippen LogP contribution >= 0.6 is 0 Å². The van der Waals surface area contributed by atoms with Crippen LogP contribution in [0.2, 0.25) is 0 Å². The summed E-state index contributed by atoms with van der Waals surface area (Å²) in [4.78, 5) is 0. The highest BCUT2D eigenvalue weighted by Crippen LogP contribution is 2.38. The second-order valence-electron chi connectivity index (χ2n) is 2.50. The molecule has 0 saturated heterocycles. The minimum absolute atomic E-state index is 0.0850. The zero-order valence-corrected chi connectivity index (χ0v) is 7.68. The molecule has 0 spiro atoms. The molecule has 0 unspecified atom stereocenters. The van der Waals surface area contributed by atoms with E-state index >= 15 is 0 Å². The van der Waals surface area contributed by atoms with Crippen molar-refractivity contribution >= 4 is 0 Å². The molecule has 0 saturated carbocycles. The lowest BCUT2D eigenvalue weighted by atomic mass is 10.1. The van der Waals surface area contributed by atoms with Crippen molar-refractivity contribution in [3.63, 3.8) is 0 Å². The van der Waals surface area contributed by atoms with Gasteiger partial charge in [0.25, 0.3) is 6.43 Å². The Bertz CT molecular complexity index is 326. The van der Waals surface area contributed by atoms with Gasteiger partial charge < -0.3 is 9.47 Å². The van der Waals surface area contributed by atoms with Gasteiger partial charge in [-0.1, -0.05) is 0 Å². The lowest BCUT2D eigenvalue weighted by Gasteiger charge is -2.12. The maximum atomic E-state index is 13.0. The van der Waals surface area contributed by atoms with Gasteiger partial charge in [-0.15, -0.1) is 0 Å². The summed E-state index contributed by atoms with van der Waals surface area (Å²) in [5, 5.41) is 0. The van der Waals surface area contributed by atoms with Gasteiger partial charge in [0.1, 0.15) is 11.3 Å². The van der Waals surface area contributed by atoms with E-state index in [1.807, 2.05) is 0 Å². The summed E-state index contributed by atoms with van der Waals surface area (Å²) in [5.74, 6) is -1.39. The summed E-state index contributed by atoms with van der Waals surface area (Å²) in [5.41, 5.74) is -0.560. The Kier molecular flexibility index (Phi) is 3.22. The summed E-state index contributed by atoms with van der Waals surface area (Å²) in [6.07, 6.45) is -2.84. The van der Waals surface area contributed by atoms with Gasteiger partial charge >= 0.3 is 0 Å². The quantitative estimate of drug-likeness (QED) is 0.757. The first kappa shape index (κ1) is 10.7. The fourth-order valence-corrected chi connectivity index (χ4v) is 1.15. The summed E-state index contributed by atoms with van der Waals surface area (Å²) >= 11 is 0. The average molecular weight is 206 g/mol. The number of rotatable bonds is 3.